The van der Waals surface area contributed by atoms with E-state index in [0.29, 0.717) is 6.42 Å². The zero-order valence-corrected chi connectivity index (χ0v) is 21.3. The fourth-order valence-corrected chi connectivity index (χ4v) is 5.44. The van der Waals surface area contributed by atoms with Crippen LogP contribution < -0.4 is 5.32 Å². The van der Waals surface area contributed by atoms with Gasteiger partial charge in [-0.15, -0.1) is 11.8 Å². The zero-order chi connectivity index (χ0) is 25.2. The van der Waals surface area contributed by atoms with Crippen LogP contribution in [0.2, 0.25) is 0 Å². The summed E-state index contributed by atoms with van der Waals surface area (Å²) in [6.45, 7) is 0.240. The van der Waals surface area contributed by atoms with Gasteiger partial charge in [-0.1, -0.05) is 79.9 Å². The molecule has 3 aromatic carbocycles. The number of nitrogens with one attached hydrogen (secondary N) is 1. The van der Waals surface area contributed by atoms with Crippen LogP contribution in [-0.4, -0.2) is 34.6 Å². The number of halogens is 1. The van der Waals surface area contributed by atoms with Crippen LogP contribution in [0.15, 0.2) is 89.8 Å². The second-order valence-corrected chi connectivity index (χ2v) is 10.3. The average Bonchev–Trinajstić information content (AvgIpc) is 2.92. The average molecular weight is 505 g/mol. The molecule has 2 amide bonds. The van der Waals surface area contributed by atoms with Gasteiger partial charge < -0.3 is 10.2 Å². The van der Waals surface area contributed by atoms with Crippen LogP contribution in [0, 0.1) is 5.82 Å². The molecule has 0 aliphatic heterocycles. The number of rotatable bonds is 10. The number of amides is 2. The molecule has 188 valence electrons. The third-order valence-electron chi connectivity index (χ3n) is 6.59. The maximum atomic E-state index is 13.7. The largest absolute Gasteiger partial charge is 0.352 e. The van der Waals surface area contributed by atoms with Gasteiger partial charge in [0.2, 0.25) is 11.8 Å². The second-order valence-electron chi connectivity index (χ2n) is 9.30. The van der Waals surface area contributed by atoms with E-state index in [9.17, 15) is 14.0 Å². The van der Waals surface area contributed by atoms with Gasteiger partial charge in [-0.3, -0.25) is 9.59 Å². The third-order valence-corrected chi connectivity index (χ3v) is 7.59. The Morgan fingerprint density at radius 3 is 2.17 bits per heavy atom. The van der Waals surface area contributed by atoms with Gasteiger partial charge in [0.25, 0.3) is 0 Å². The minimum atomic E-state index is -0.664. The van der Waals surface area contributed by atoms with E-state index in [1.807, 2.05) is 60.7 Å². The van der Waals surface area contributed by atoms with Gasteiger partial charge in [-0.25, -0.2) is 4.39 Å². The highest BCUT2D eigenvalue weighted by Crippen LogP contribution is 2.22. The van der Waals surface area contributed by atoms with Crippen molar-refractivity contribution < 1.29 is 14.0 Å². The van der Waals surface area contributed by atoms with Crippen LogP contribution in [0.1, 0.15) is 43.2 Å². The summed E-state index contributed by atoms with van der Waals surface area (Å²) in [6, 6.07) is 25.2. The molecule has 3 aromatic rings. The van der Waals surface area contributed by atoms with Crippen molar-refractivity contribution in [2.24, 2.45) is 0 Å². The fourth-order valence-electron chi connectivity index (χ4n) is 4.63. The number of hydrogen-bond acceptors (Lipinski definition) is 3. The van der Waals surface area contributed by atoms with Gasteiger partial charge >= 0.3 is 0 Å². The summed E-state index contributed by atoms with van der Waals surface area (Å²) in [4.78, 5) is 30.0. The number of hydrogen-bond donors (Lipinski definition) is 1. The second kappa shape index (κ2) is 13.3. The van der Waals surface area contributed by atoms with Crippen molar-refractivity contribution in [3.8, 4) is 0 Å². The lowest BCUT2D eigenvalue weighted by molar-refractivity contribution is -0.139. The molecule has 4 nitrogen and oxygen atoms in total. The molecule has 6 heteroatoms. The molecular weight excluding hydrogens is 471 g/mol. The van der Waals surface area contributed by atoms with Crippen LogP contribution in [0.3, 0.4) is 0 Å². The maximum absolute atomic E-state index is 13.7. The van der Waals surface area contributed by atoms with E-state index < -0.39 is 6.04 Å². The fraction of sp³-hybridized carbons (Fsp3) is 0.333. The predicted octanol–water partition coefficient (Wildman–Crippen LogP) is 6.01. The maximum Gasteiger partial charge on any atom is 0.243 e. The Kier molecular flexibility index (Phi) is 9.56. The van der Waals surface area contributed by atoms with Gasteiger partial charge in [0, 0.05) is 23.9 Å². The number of carbonyl (C=O) groups excluding carboxylic acids is 2. The minimum Gasteiger partial charge on any atom is -0.352 e. The molecule has 1 atom stereocenters. The number of nitrogens with zero attached hydrogens (tertiary/aromatic N) is 1. The molecule has 0 spiro atoms. The highest BCUT2D eigenvalue weighted by atomic mass is 32.2. The monoisotopic (exact) mass is 504 g/mol. The quantitative estimate of drug-likeness (QED) is 0.344. The summed E-state index contributed by atoms with van der Waals surface area (Å²) in [5.41, 5.74) is 1.78. The molecule has 1 aliphatic carbocycles. The standard InChI is InChI=1S/C30H33FN2O2S/c31-25-18-16-24(17-19-25)21-33(29(34)22-36-27-14-8-3-9-15-27)28(20-23-10-4-1-5-11-23)30(35)32-26-12-6-2-7-13-26/h1,3-5,8-11,14-19,26,28H,2,6-7,12-13,20-22H2,(H,32,35). The van der Waals surface area contributed by atoms with Crippen LogP contribution in [0.25, 0.3) is 0 Å². The highest BCUT2D eigenvalue weighted by Gasteiger charge is 2.31. The molecule has 4 rings (SSSR count). The third kappa shape index (κ3) is 7.69. The Hall–Kier alpha value is -3.12. The first kappa shape index (κ1) is 26.0. The Morgan fingerprint density at radius 1 is 0.861 bits per heavy atom. The van der Waals surface area contributed by atoms with Crippen molar-refractivity contribution in [1.82, 2.24) is 10.2 Å². The lowest BCUT2D eigenvalue weighted by atomic mass is 9.94. The van der Waals surface area contributed by atoms with Crippen LogP contribution in [-0.2, 0) is 22.6 Å². The van der Waals surface area contributed by atoms with Crippen LogP contribution in [0.4, 0.5) is 4.39 Å². The van der Waals surface area contributed by atoms with Gasteiger partial charge in [0.1, 0.15) is 11.9 Å². The van der Waals surface area contributed by atoms with Gasteiger partial charge in [-0.05, 0) is 48.2 Å². The Bertz CT molecular complexity index is 1100. The van der Waals surface area contributed by atoms with E-state index in [-0.39, 0.29) is 36.0 Å². The zero-order valence-electron chi connectivity index (χ0n) is 20.4. The minimum absolute atomic E-state index is 0.118. The summed E-state index contributed by atoms with van der Waals surface area (Å²) in [5.74, 6) is -0.348. The van der Waals surface area contributed by atoms with E-state index in [1.165, 1.54) is 30.3 Å². The van der Waals surface area contributed by atoms with Crippen LogP contribution in [0.5, 0.6) is 0 Å². The first-order chi connectivity index (χ1) is 17.6. The Labute approximate surface area is 217 Å². The first-order valence-electron chi connectivity index (χ1n) is 12.6. The summed E-state index contributed by atoms with van der Waals surface area (Å²) < 4.78 is 13.6. The molecule has 0 aromatic heterocycles. The van der Waals surface area contributed by atoms with E-state index >= 15 is 0 Å². The lowest BCUT2D eigenvalue weighted by Gasteiger charge is -2.33. The van der Waals surface area contributed by atoms with Gasteiger partial charge in [-0.2, -0.15) is 0 Å². The number of carbonyl (C=O) groups is 2. The molecule has 1 saturated carbocycles. The SMILES string of the molecule is O=C(NC1CCCCC1)C(Cc1ccccc1)N(Cc1ccc(F)cc1)C(=O)CSc1ccccc1. The first-order valence-corrected chi connectivity index (χ1v) is 13.6. The van der Waals surface area contributed by atoms with Crippen molar-refractivity contribution >= 4 is 23.6 Å². The molecular formula is C30H33FN2O2S. The number of thioether (sulfide) groups is 1. The van der Waals surface area contributed by atoms with E-state index in [2.05, 4.69) is 5.32 Å². The molecule has 36 heavy (non-hydrogen) atoms. The highest BCUT2D eigenvalue weighted by molar-refractivity contribution is 8.00. The predicted molar refractivity (Wildman–Crippen MR) is 143 cm³/mol. The van der Waals surface area contributed by atoms with E-state index in [1.54, 1.807) is 17.0 Å². The summed E-state index contributed by atoms with van der Waals surface area (Å²) in [6.07, 6.45) is 5.79. The molecule has 1 unspecified atom stereocenters. The smallest absolute Gasteiger partial charge is 0.243 e. The van der Waals surface area contributed by atoms with Crippen molar-refractivity contribution in [2.45, 2.75) is 62.0 Å². The molecule has 1 aliphatic rings. The summed E-state index contributed by atoms with van der Waals surface area (Å²) in [5, 5.41) is 3.24. The van der Waals surface area contributed by atoms with E-state index in [4.69, 9.17) is 0 Å². The lowest BCUT2D eigenvalue weighted by Crippen LogP contribution is -2.53. The molecule has 0 radical (unpaired) electrons. The Morgan fingerprint density at radius 2 is 1.50 bits per heavy atom. The van der Waals surface area contributed by atoms with Gasteiger partial charge in [0.15, 0.2) is 0 Å². The van der Waals surface area contributed by atoms with Crippen molar-refractivity contribution in [3.05, 3.63) is 102 Å². The molecule has 1 fully saturated rings. The van der Waals surface area contributed by atoms with Crippen LogP contribution >= 0.6 is 11.8 Å². The molecule has 0 heterocycles. The normalized spacial score (nSPS) is 14.7. The molecule has 1 N–H and O–H groups in total. The van der Waals surface area contributed by atoms with E-state index in [0.717, 1.165) is 41.7 Å². The van der Waals surface area contributed by atoms with Gasteiger partial charge in [0.05, 0.1) is 5.75 Å². The summed E-state index contributed by atoms with van der Waals surface area (Å²) >= 11 is 1.46. The van der Waals surface area contributed by atoms with Crippen molar-refractivity contribution in [2.75, 3.05) is 5.75 Å². The van der Waals surface area contributed by atoms with Crippen molar-refractivity contribution in [3.63, 3.8) is 0 Å². The van der Waals surface area contributed by atoms with Crippen molar-refractivity contribution in [1.29, 1.82) is 0 Å². The molecule has 0 saturated heterocycles. The number of benzene rings is 3. The molecule has 0 bridgehead atoms. The topological polar surface area (TPSA) is 49.4 Å². The Balaban J connectivity index is 1.60. The summed E-state index contributed by atoms with van der Waals surface area (Å²) in [7, 11) is 0.